The molecule has 1 heterocycles. The van der Waals surface area contributed by atoms with Crippen molar-refractivity contribution < 1.29 is 17.5 Å². The van der Waals surface area contributed by atoms with Crippen LogP contribution < -0.4 is 0 Å². The first-order valence-corrected chi connectivity index (χ1v) is 8.00. The summed E-state index contributed by atoms with van der Waals surface area (Å²) < 4.78 is 37.1. The molecule has 0 saturated heterocycles. The molecular formula is C16H14ClNO4S. The number of aromatic nitrogens is 1. The summed E-state index contributed by atoms with van der Waals surface area (Å²) in [5.74, 6) is 0.575. The molecule has 0 atom stereocenters. The molecule has 0 aliphatic heterocycles. The zero-order valence-electron chi connectivity index (χ0n) is 12.1. The number of benzene rings is 2. The molecule has 0 unspecified atom stereocenters. The van der Waals surface area contributed by atoms with Gasteiger partial charge in [0.1, 0.15) is 11.5 Å². The fourth-order valence-electron chi connectivity index (χ4n) is 2.32. The van der Waals surface area contributed by atoms with Crippen LogP contribution in [0.25, 0.3) is 22.4 Å². The van der Waals surface area contributed by atoms with Crippen LogP contribution >= 0.6 is 12.4 Å². The predicted octanol–water partition coefficient (Wildman–Crippen LogP) is 3.99. The Kier molecular flexibility index (Phi) is 4.89. The first-order chi connectivity index (χ1) is 10.5. The van der Waals surface area contributed by atoms with Gasteiger partial charge >= 0.3 is 0 Å². The van der Waals surface area contributed by atoms with Crippen LogP contribution in [0.15, 0.2) is 64.0 Å². The fraction of sp³-hybridized carbons (Fsp3) is 0.0625. The SMILES string of the molecule is Cc1onc(-c2ccccc2)c1-c1cccc(S(=O)(=O)O)c1.Cl. The summed E-state index contributed by atoms with van der Waals surface area (Å²) in [6.45, 7) is 1.76. The van der Waals surface area contributed by atoms with E-state index in [9.17, 15) is 13.0 Å². The van der Waals surface area contributed by atoms with Crippen molar-refractivity contribution in [2.75, 3.05) is 0 Å². The average Bonchev–Trinajstić information content (AvgIpc) is 2.89. The molecule has 2 aromatic carbocycles. The zero-order chi connectivity index (χ0) is 15.7. The largest absolute Gasteiger partial charge is 0.360 e. The lowest BCUT2D eigenvalue weighted by Gasteiger charge is -2.05. The third kappa shape index (κ3) is 3.44. The van der Waals surface area contributed by atoms with Crippen molar-refractivity contribution in [3.05, 3.63) is 60.4 Å². The standard InChI is InChI=1S/C16H13NO4S.ClH/c1-11-15(13-8-5-9-14(10-13)22(18,19)20)16(17-21-11)12-6-3-2-4-7-12;/h2-10H,1H3,(H,18,19,20);1H. The zero-order valence-corrected chi connectivity index (χ0v) is 13.8. The molecule has 0 radical (unpaired) electrons. The molecule has 5 nitrogen and oxygen atoms in total. The van der Waals surface area contributed by atoms with Crippen LogP contribution in [-0.2, 0) is 10.1 Å². The van der Waals surface area contributed by atoms with Crippen molar-refractivity contribution in [2.45, 2.75) is 11.8 Å². The van der Waals surface area contributed by atoms with E-state index >= 15 is 0 Å². The summed E-state index contributed by atoms with van der Waals surface area (Å²) >= 11 is 0. The van der Waals surface area contributed by atoms with E-state index < -0.39 is 10.1 Å². The molecular weight excluding hydrogens is 338 g/mol. The maximum absolute atomic E-state index is 11.3. The molecule has 0 aliphatic carbocycles. The number of aryl methyl sites for hydroxylation is 1. The highest BCUT2D eigenvalue weighted by Crippen LogP contribution is 2.34. The highest BCUT2D eigenvalue weighted by molar-refractivity contribution is 7.85. The van der Waals surface area contributed by atoms with Crippen molar-refractivity contribution in [1.29, 1.82) is 0 Å². The van der Waals surface area contributed by atoms with E-state index in [-0.39, 0.29) is 17.3 Å². The molecule has 23 heavy (non-hydrogen) atoms. The molecule has 0 bridgehead atoms. The van der Waals surface area contributed by atoms with E-state index in [0.29, 0.717) is 22.6 Å². The van der Waals surface area contributed by atoms with Gasteiger partial charge in [-0.15, -0.1) is 12.4 Å². The minimum Gasteiger partial charge on any atom is -0.360 e. The Hall–Kier alpha value is -2.15. The van der Waals surface area contributed by atoms with Crippen molar-refractivity contribution in [3.8, 4) is 22.4 Å². The summed E-state index contributed by atoms with van der Waals surface area (Å²) in [4.78, 5) is -0.162. The van der Waals surface area contributed by atoms with Gasteiger partial charge in [-0.3, -0.25) is 4.55 Å². The van der Waals surface area contributed by atoms with Crippen LogP contribution in [0.1, 0.15) is 5.76 Å². The smallest absolute Gasteiger partial charge is 0.294 e. The van der Waals surface area contributed by atoms with Crippen LogP contribution in [0.2, 0.25) is 0 Å². The number of hydrogen-bond donors (Lipinski definition) is 1. The van der Waals surface area contributed by atoms with Gasteiger partial charge in [-0.25, -0.2) is 0 Å². The summed E-state index contributed by atoms with van der Waals surface area (Å²) in [5, 5.41) is 4.07. The Morgan fingerprint density at radius 1 is 1.00 bits per heavy atom. The molecule has 0 spiro atoms. The van der Waals surface area contributed by atoms with Crippen LogP contribution in [0, 0.1) is 6.92 Å². The Morgan fingerprint density at radius 2 is 1.65 bits per heavy atom. The highest BCUT2D eigenvalue weighted by Gasteiger charge is 2.18. The second-order valence-electron chi connectivity index (χ2n) is 4.83. The summed E-state index contributed by atoms with van der Waals surface area (Å²) in [7, 11) is -4.26. The molecule has 1 N–H and O–H groups in total. The molecule has 0 fully saturated rings. The van der Waals surface area contributed by atoms with Gasteiger partial charge in [0.25, 0.3) is 10.1 Å². The van der Waals surface area contributed by atoms with E-state index in [4.69, 9.17) is 4.52 Å². The van der Waals surface area contributed by atoms with Gasteiger partial charge < -0.3 is 4.52 Å². The van der Waals surface area contributed by atoms with Gasteiger partial charge in [-0.05, 0) is 24.6 Å². The van der Waals surface area contributed by atoms with Crippen molar-refractivity contribution >= 4 is 22.5 Å². The molecule has 3 rings (SSSR count). The summed E-state index contributed by atoms with van der Waals surface area (Å²) in [6.07, 6.45) is 0. The quantitative estimate of drug-likeness (QED) is 0.722. The Balaban J connectivity index is 0.00000192. The molecule has 0 amide bonds. The topological polar surface area (TPSA) is 80.4 Å². The second-order valence-corrected chi connectivity index (χ2v) is 6.25. The van der Waals surface area contributed by atoms with Gasteiger partial charge in [0.05, 0.1) is 10.5 Å². The van der Waals surface area contributed by atoms with E-state index in [0.717, 1.165) is 5.56 Å². The maximum Gasteiger partial charge on any atom is 0.294 e. The van der Waals surface area contributed by atoms with Crippen LogP contribution in [0.4, 0.5) is 0 Å². The molecule has 120 valence electrons. The maximum atomic E-state index is 11.3. The molecule has 1 aromatic heterocycles. The number of nitrogens with zero attached hydrogens (tertiary/aromatic N) is 1. The van der Waals surface area contributed by atoms with Gasteiger partial charge in [-0.2, -0.15) is 8.42 Å². The van der Waals surface area contributed by atoms with Crippen LogP contribution in [0.5, 0.6) is 0 Å². The lowest BCUT2D eigenvalue weighted by molar-refractivity contribution is 0.400. The second kappa shape index (κ2) is 6.54. The lowest BCUT2D eigenvalue weighted by Crippen LogP contribution is -1.98. The molecule has 3 aromatic rings. The third-order valence-electron chi connectivity index (χ3n) is 3.33. The van der Waals surface area contributed by atoms with E-state index in [1.807, 2.05) is 30.3 Å². The van der Waals surface area contributed by atoms with Gasteiger partial charge in [-0.1, -0.05) is 47.6 Å². The molecule has 7 heteroatoms. The average molecular weight is 352 g/mol. The molecule has 0 saturated carbocycles. The van der Waals surface area contributed by atoms with Crippen molar-refractivity contribution in [1.82, 2.24) is 5.16 Å². The van der Waals surface area contributed by atoms with Crippen molar-refractivity contribution in [2.24, 2.45) is 0 Å². The number of hydrogen-bond acceptors (Lipinski definition) is 4. The third-order valence-corrected chi connectivity index (χ3v) is 4.18. The lowest BCUT2D eigenvalue weighted by atomic mass is 10.00. The summed E-state index contributed by atoms with van der Waals surface area (Å²) in [6, 6.07) is 15.5. The van der Waals surface area contributed by atoms with Gasteiger partial charge in [0.15, 0.2) is 0 Å². The minimum absolute atomic E-state index is 0. The molecule has 0 aliphatic rings. The van der Waals surface area contributed by atoms with Gasteiger partial charge in [0, 0.05) is 5.56 Å². The monoisotopic (exact) mass is 351 g/mol. The first kappa shape index (κ1) is 17.2. The summed E-state index contributed by atoms with van der Waals surface area (Å²) in [5.41, 5.74) is 2.82. The number of halogens is 1. The number of rotatable bonds is 3. The Morgan fingerprint density at radius 3 is 2.30 bits per heavy atom. The normalized spacial score (nSPS) is 11.0. The minimum atomic E-state index is -4.26. The Bertz CT molecular complexity index is 920. The first-order valence-electron chi connectivity index (χ1n) is 6.56. The Labute approximate surface area is 140 Å². The van der Waals surface area contributed by atoms with E-state index in [2.05, 4.69) is 5.16 Å². The van der Waals surface area contributed by atoms with E-state index in [1.165, 1.54) is 12.1 Å². The van der Waals surface area contributed by atoms with Crippen LogP contribution in [0.3, 0.4) is 0 Å². The predicted molar refractivity (Wildman–Crippen MR) is 89.2 cm³/mol. The highest BCUT2D eigenvalue weighted by atomic mass is 35.5. The van der Waals surface area contributed by atoms with E-state index in [1.54, 1.807) is 19.1 Å². The fourth-order valence-corrected chi connectivity index (χ4v) is 2.84. The van der Waals surface area contributed by atoms with Gasteiger partial charge in [0.2, 0.25) is 0 Å². The van der Waals surface area contributed by atoms with Crippen LogP contribution in [-0.4, -0.2) is 18.1 Å². The van der Waals surface area contributed by atoms with Crippen molar-refractivity contribution in [3.63, 3.8) is 0 Å².